The molecule has 0 saturated carbocycles. The van der Waals surface area contributed by atoms with Crippen molar-refractivity contribution in [3.8, 4) is 0 Å². The molecule has 1 unspecified atom stereocenters. The topological polar surface area (TPSA) is 57.6 Å². The minimum atomic E-state index is -0.869. The minimum absolute atomic E-state index is 0.0160. The van der Waals surface area contributed by atoms with Crippen LogP contribution in [0.15, 0.2) is 0 Å². The van der Waals surface area contributed by atoms with Gasteiger partial charge in [-0.15, -0.1) is 0 Å². The van der Waals surface area contributed by atoms with E-state index in [2.05, 4.69) is 20.8 Å². The van der Waals surface area contributed by atoms with Crippen molar-refractivity contribution in [1.82, 2.24) is 4.90 Å². The quantitative estimate of drug-likeness (QED) is 0.781. The Hall–Kier alpha value is -1.06. The second-order valence-corrected chi connectivity index (χ2v) is 7.28. The lowest BCUT2D eigenvalue weighted by Gasteiger charge is -2.32. The van der Waals surface area contributed by atoms with Crippen LogP contribution in [0.25, 0.3) is 0 Å². The molecule has 0 rings (SSSR count). The van der Waals surface area contributed by atoms with Crippen LogP contribution >= 0.6 is 0 Å². The van der Waals surface area contributed by atoms with Crippen LogP contribution in [0.4, 0.5) is 0 Å². The van der Waals surface area contributed by atoms with Crippen molar-refractivity contribution in [3.05, 3.63) is 0 Å². The monoisotopic (exact) mass is 285 g/mol. The van der Waals surface area contributed by atoms with Gasteiger partial charge in [-0.3, -0.25) is 9.59 Å². The molecular formula is C16H31NO3. The highest BCUT2D eigenvalue weighted by atomic mass is 16.4. The molecule has 1 amide bonds. The molecule has 0 aliphatic rings. The van der Waals surface area contributed by atoms with Gasteiger partial charge >= 0.3 is 5.97 Å². The molecule has 0 bridgehead atoms. The zero-order chi connectivity index (χ0) is 16.1. The van der Waals surface area contributed by atoms with Gasteiger partial charge < -0.3 is 10.0 Å². The molecule has 0 fully saturated rings. The zero-order valence-electron chi connectivity index (χ0n) is 14.1. The summed E-state index contributed by atoms with van der Waals surface area (Å²) in [7, 11) is 0. The SMILES string of the molecule is CCN(CC(C)(C)C)C(=O)C(C)[C@@H](CC(C)C)C(=O)O. The molecule has 118 valence electrons. The molecule has 0 aromatic heterocycles. The lowest BCUT2D eigenvalue weighted by Crippen LogP contribution is -2.43. The molecule has 0 aliphatic heterocycles. The summed E-state index contributed by atoms with van der Waals surface area (Å²) in [6.07, 6.45) is 0.537. The largest absolute Gasteiger partial charge is 0.481 e. The smallest absolute Gasteiger partial charge is 0.307 e. The van der Waals surface area contributed by atoms with Gasteiger partial charge in [-0.05, 0) is 24.7 Å². The fourth-order valence-electron chi connectivity index (χ4n) is 2.40. The highest BCUT2D eigenvalue weighted by Crippen LogP contribution is 2.24. The van der Waals surface area contributed by atoms with Crippen molar-refractivity contribution in [2.75, 3.05) is 13.1 Å². The molecule has 0 spiro atoms. The normalized spacial score (nSPS) is 15.0. The highest BCUT2D eigenvalue weighted by molar-refractivity contribution is 5.84. The van der Waals surface area contributed by atoms with Crippen LogP contribution in [-0.2, 0) is 9.59 Å². The Kier molecular flexibility index (Phi) is 7.25. The van der Waals surface area contributed by atoms with E-state index in [9.17, 15) is 14.7 Å². The van der Waals surface area contributed by atoms with Gasteiger partial charge in [0.1, 0.15) is 0 Å². The third kappa shape index (κ3) is 6.40. The highest BCUT2D eigenvalue weighted by Gasteiger charge is 2.33. The van der Waals surface area contributed by atoms with E-state index in [1.165, 1.54) is 0 Å². The molecule has 0 heterocycles. The molecule has 4 nitrogen and oxygen atoms in total. The van der Waals surface area contributed by atoms with E-state index >= 15 is 0 Å². The summed E-state index contributed by atoms with van der Waals surface area (Å²) in [5, 5.41) is 9.36. The van der Waals surface area contributed by atoms with Gasteiger partial charge in [0.2, 0.25) is 5.91 Å². The first-order chi connectivity index (χ1) is 8.99. The summed E-state index contributed by atoms with van der Waals surface area (Å²) in [5.74, 6) is -1.72. The van der Waals surface area contributed by atoms with Crippen molar-refractivity contribution < 1.29 is 14.7 Å². The molecule has 1 N–H and O–H groups in total. The summed E-state index contributed by atoms with van der Waals surface area (Å²) < 4.78 is 0. The Bertz CT molecular complexity index is 331. The number of hydrogen-bond acceptors (Lipinski definition) is 2. The lowest BCUT2D eigenvalue weighted by molar-refractivity contribution is -0.151. The van der Waals surface area contributed by atoms with Gasteiger partial charge in [0.05, 0.1) is 5.92 Å². The van der Waals surface area contributed by atoms with Crippen LogP contribution in [0, 0.1) is 23.2 Å². The average molecular weight is 285 g/mol. The van der Waals surface area contributed by atoms with Crippen molar-refractivity contribution in [3.63, 3.8) is 0 Å². The molecular weight excluding hydrogens is 254 g/mol. The molecule has 0 aromatic rings. The summed E-state index contributed by atoms with van der Waals surface area (Å²) in [6.45, 7) is 15.2. The van der Waals surface area contributed by atoms with E-state index in [-0.39, 0.29) is 17.2 Å². The van der Waals surface area contributed by atoms with Gasteiger partial charge in [0.15, 0.2) is 0 Å². The first-order valence-electron chi connectivity index (χ1n) is 7.51. The number of amides is 1. The summed E-state index contributed by atoms with van der Waals surface area (Å²) in [4.78, 5) is 25.7. The average Bonchev–Trinajstić information content (AvgIpc) is 2.29. The first kappa shape index (κ1) is 18.9. The molecule has 0 aromatic carbocycles. The minimum Gasteiger partial charge on any atom is -0.481 e. The number of carboxylic acid groups (broad SMARTS) is 1. The van der Waals surface area contributed by atoms with Crippen LogP contribution in [0.1, 0.15) is 54.9 Å². The number of carbonyl (C=O) groups is 2. The van der Waals surface area contributed by atoms with Gasteiger partial charge in [-0.25, -0.2) is 0 Å². The Labute approximate surface area is 123 Å². The van der Waals surface area contributed by atoms with Crippen molar-refractivity contribution in [2.24, 2.45) is 23.2 Å². The molecule has 2 atom stereocenters. The van der Waals surface area contributed by atoms with Gasteiger partial charge in [-0.2, -0.15) is 0 Å². The van der Waals surface area contributed by atoms with E-state index in [0.29, 0.717) is 19.5 Å². The Morgan fingerprint density at radius 3 is 1.95 bits per heavy atom. The third-order valence-electron chi connectivity index (χ3n) is 3.39. The van der Waals surface area contributed by atoms with E-state index in [1.54, 1.807) is 11.8 Å². The Morgan fingerprint density at radius 2 is 1.65 bits per heavy atom. The van der Waals surface area contributed by atoms with Gasteiger partial charge in [0.25, 0.3) is 0 Å². The molecule has 0 aliphatic carbocycles. The number of carboxylic acids is 1. The number of nitrogens with zero attached hydrogens (tertiary/aromatic N) is 1. The maximum atomic E-state index is 12.5. The number of rotatable bonds is 7. The summed E-state index contributed by atoms with van der Waals surface area (Å²) >= 11 is 0. The van der Waals surface area contributed by atoms with Crippen LogP contribution in [0.5, 0.6) is 0 Å². The van der Waals surface area contributed by atoms with Crippen LogP contribution < -0.4 is 0 Å². The van der Waals surface area contributed by atoms with Crippen molar-refractivity contribution in [2.45, 2.75) is 54.9 Å². The second-order valence-electron chi connectivity index (χ2n) is 7.28. The number of aliphatic carboxylic acids is 1. The molecule has 4 heteroatoms. The molecule has 0 radical (unpaired) electrons. The standard InChI is InChI=1S/C16H31NO3/c1-8-17(10-16(5,6)7)14(18)12(4)13(15(19)20)9-11(2)3/h11-13H,8-10H2,1-7H3,(H,19,20)/t12?,13-/m1/s1. The predicted molar refractivity (Wildman–Crippen MR) is 81.5 cm³/mol. The Balaban J connectivity index is 4.97. The van der Waals surface area contributed by atoms with Crippen LogP contribution in [0.3, 0.4) is 0 Å². The Morgan fingerprint density at radius 1 is 1.15 bits per heavy atom. The third-order valence-corrected chi connectivity index (χ3v) is 3.39. The van der Waals surface area contributed by atoms with Gasteiger partial charge in [-0.1, -0.05) is 41.5 Å². The van der Waals surface area contributed by atoms with Crippen LogP contribution in [-0.4, -0.2) is 35.0 Å². The maximum absolute atomic E-state index is 12.5. The fourth-order valence-corrected chi connectivity index (χ4v) is 2.40. The summed E-state index contributed by atoms with van der Waals surface area (Å²) in [6, 6.07) is 0. The van der Waals surface area contributed by atoms with E-state index < -0.39 is 17.8 Å². The van der Waals surface area contributed by atoms with Crippen molar-refractivity contribution in [1.29, 1.82) is 0 Å². The molecule has 20 heavy (non-hydrogen) atoms. The summed E-state index contributed by atoms with van der Waals surface area (Å²) in [5.41, 5.74) is 0.0160. The van der Waals surface area contributed by atoms with E-state index in [0.717, 1.165) is 0 Å². The number of hydrogen-bond donors (Lipinski definition) is 1. The first-order valence-corrected chi connectivity index (χ1v) is 7.51. The second kappa shape index (κ2) is 7.65. The maximum Gasteiger partial charge on any atom is 0.307 e. The lowest BCUT2D eigenvalue weighted by atomic mass is 9.85. The fraction of sp³-hybridized carbons (Fsp3) is 0.875. The van der Waals surface area contributed by atoms with E-state index in [1.807, 2.05) is 20.8 Å². The zero-order valence-corrected chi connectivity index (χ0v) is 14.1. The number of carbonyl (C=O) groups excluding carboxylic acids is 1. The predicted octanol–water partition coefficient (Wildman–Crippen LogP) is 3.26. The van der Waals surface area contributed by atoms with Gasteiger partial charge in [0, 0.05) is 19.0 Å². The molecule has 0 saturated heterocycles. The van der Waals surface area contributed by atoms with Crippen molar-refractivity contribution >= 4 is 11.9 Å². The van der Waals surface area contributed by atoms with E-state index in [4.69, 9.17) is 0 Å². The van der Waals surface area contributed by atoms with Crippen LogP contribution in [0.2, 0.25) is 0 Å².